The van der Waals surface area contributed by atoms with Gasteiger partial charge in [-0.2, -0.15) is 0 Å². The highest BCUT2D eigenvalue weighted by Crippen LogP contribution is 2.05. The van der Waals surface area contributed by atoms with Crippen molar-refractivity contribution in [3.8, 4) is 0 Å². The number of carbonyl (C=O) groups excluding carboxylic acids is 1. The van der Waals surface area contributed by atoms with Crippen LogP contribution in [-0.2, 0) is 4.74 Å². The highest BCUT2D eigenvalue weighted by atomic mass is 32.2. The summed E-state index contributed by atoms with van der Waals surface area (Å²) in [6.45, 7) is 0. The van der Waals surface area contributed by atoms with E-state index < -0.39 is 5.97 Å². The van der Waals surface area contributed by atoms with E-state index in [1.54, 1.807) is 0 Å². The van der Waals surface area contributed by atoms with Gasteiger partial charge < -0.3 is 4.74 Å². The molecular weight excluding hydrogens is 191 g/mol. The molecule has 2 nitrogen and oxygen atoms in total. The molecule has 4 heteroatoms. The Kier molecular flexibility index (Phi) is 3.76. The van der Waals surface area contributed by atoms with Crippen LogP contribution in [-0.4, -0.2) is 18.2 Å². The van der Waals surface area contributed by atoms with Crippen LogP contribution >= 0.6 is 11.8 Å². The van der Waals surface area contributed by atoms with Crippen LogP contribution in [0.25, 0.3) is 0 Å². The molecule has 0 radical (unpaired) electrons. The van der Waals surface area contributed by atoms with Crippen LogP contribution in [0.4, 0.5) is 4.39 Å². The van der Waals surface area contributed by atoms with Gasteiger partial charge in [-0.15, -0.1) is 11.8 Å². The third-order valence-corrected chi connectivity index (χ3v) is 1.74. The average molecular weight is 200 g/mol. The van der Waals surface area contributed by atoms with E-state index in [0.29, 0.717) is 11.5 Å². The highest BCUT2D eigenvalue weighted by molar-refractivity contribution is 7.98. The predicted molar refractivity (Wildman–Crippen MR) is 50.2 cm³/mol. The molecule has 0 aliphatic heterocycles. The van der Waals surface area contributed by atoms with E-state index in [0.717, 1.165) is 0 Å². The van der Waals surface area contributed by atoms with Crippen LogP contribution in [0, 0.1) is 5.82 Å². The molecule has 0 unspecified atom stereocenters. The Bertz CT molecular complexity index is 284. The first-order valence-corrected chi connectivity index (χ1v) is 5.05. The van der Waals surface area contributed by atoms with Gasteiger partial charge in [0.05, 0.1) is 5.56 Å². The van der Waals surface area contributed by atoms with Gasteiger partial charge in [0.2, 0.25) is 0 Å². The Balaban J connectivity index is 2.61. The smallest absolute Gasteiger partial charge is 0.338 e. The van der Waals surface area contributed by atoms with Crippen molar-refractivity contribution < 1.29 is 13.9 Å². The second-order valence-electron chi connectivity index (χ2n) is 2.35. The van der Waals surface area contributed by atoms with Gasteiger partial charge in [0.1, 0.15) is 11.8 Å². The lowest BCUT2D eigenvalue weighted by atomic mass is 10.2. The fraction of sp³-hybridized carbons (Fsp3) is 0.222. The average Bonchev–Trinajstić information content (AvgIpc) is 2.15. The van der Waals surface area contributed by atoms with Crippen LogP contribution in [0.1, 0.15) is 10.4 Å². The Hall–Kier alpha value is -1.03. The molecule has 0 spiro atoms. The number of esters is 1. The van der Waals surface area contributed by atoms with Crippen LogP contribution in [0.5, 0.6) is 0 Å². The van der Waals surface area contributed by atoms with Crippen molar-refractivity contribution in [3.63, 3.8) is 0 Å². The van der Waals surface area contributed by atoms with Crippen LogP contribution in [0.2, 0.25) is 0 Å². The van der Waals surface area contributed by atoms with Crippen molar-refractivity contribution in [3.05, 3.63) is 35.6 Å². The van der Waals surface area contributed by atoms with Gasteiger partial charge >= 0.3 is 5.97 Å². The molecule has 1 rings (SSSR count). The van der Waals surface area contributed by atoms with Gasteiger partial charge in [0, 0.05) is 0 Å². The second kappa shape index (κ2) is 4.87. The number of benzene rings is 1. The van der Waals surface area contributed by atoms with E-state index in [1.165, 1.54) is 36.0 Å². The summed E-state index contributed by atoms with van der Waals surface area (Å²) in [6, 6.07) is 5.27. The Morgan fingerprint density at radius 3 is 2.62 bits per heavy atom. The third kappa shape index (κ3) is 3.06. The first kappa shape index (κ1) is 10.1. The number of hydrogen-bond donors (Lipinski definition) is 0. The number of hydrogen-bond acceptors (Lipinski definition) is 3. The van der Waals surface area contributed by atoms with E-state index in [2.05, 4.69) is 0 Å². The van der Waals surface area contributed by atoms with E-state index in [9.17, 15) is 9.18 Å². The maximum absolute atomic E-state index is 12.4. The molecule has 13 heavy (non-hydrogen) atoms. The van der Waals surface area contributed by atoms with Crippen molar-refractivity contribution >= 4 is 17.7 Å². The summed E-state index contributed by atoms with van der Waals surface area (Å²) < 4.78 is 17.3. The van der Waals surface area contributed by atoms with Gasteiger partial charge in [0.25, 0.3) is 0 Å². The van der Waals surface area contributed by atoms with Crippen LogP contribution < -0.4 is 0 Å². The summed E-state index contributed by atoms with van der Waals surface area (Å²) in [5.74, 6) is -0.466. The summed E-state index contributed by atoms with van der Waals surface area (Å²) in [5.41, 5.74) is 0.371. The fourth-order valence-corrected chi connectivity index (χ4v) is 1.01. The molecule has 0 N–H and O–H groups in total. The largest absolute Gasteiger partial charge is 0.451 e. The van der Waals surface area contributed by atoms with E-state index in [1.807, 2.05) is 6.26 Å². The molecule has 0 saturated carbocycles. The predicted octanol–water partition coefficient (Wildman–Crippen LogP) is 2.30. The summed E-state index contributed by atoms with van der Waals surface area (Å²) in [7, 11) is 0. The lowest BCUT2D eigenvalue weighted by molar-refractivity contribution is 0.0579. The first-order valence-electron chi connectivity index (χ1n) is 3.65. The van der Waals surface area contributed by atoms with Crippen LogP contribution in [0.15, 0.2) is 24.3 Å². The molecular formula is C9H9FO2S. The Morgan fingerprint density at radius 1 is 1.46 bits per heavy atom. The first-order chi connectivity index (χ1) is 6.24. The van der Waals surface area contributed by atoms with E-state index in [4.69, 9.17) is 4.74 Å². The number of ether oxygens (including phenoxy) is 1. The number of halogens is 1. The quantitative estimate of drug-likeness (QED) is 0.553. The number of rotatable bonds is 3. The molecule has 0 aliphatic carbocycles. The van der Waals surface area contributed by atoms with Crippen molar-refractivity contribution in [1.82, 2.24) is 0 Å². The lowest BCUT2D eigenvalue weighted by Gasteiger charge is -2.01. The lowest BCUT2D eigenvalue weighted by Crippen LogP contribution is -2.04. The maximum Gasteiger partial charge on any atom is 0.338 e. The topological polar surface area (TPSA) is 26.3 Å². The summed E-state index contributed by atoms with van der Waals surface area (Å²) in [6.07, 6.45) is 1.83. The summed E-state index contributed by atoms with van der Waals surface area (Å²) in [5, 5.41) is 0. The highest BCUT2D eigenvalue weighted by Gasteiger charge is 2.05. The molecule has 0 bridgehead atoms. The molecule has 0 aromatic heterocycles. The molecule has 1 aromatic carbocycles. The standard InChI is InChI=1S/C9H9FO2S/c1-13-6-12-9(11)7-2-4-8(10)5-3-7/h2-5H,6H2,1H3. The van der Waals surface area contributed by atoms with E-state index in [-0.39, 0.29) is 5.82 Å². The molecule has 0 saturated heterocycles. The molecule has 0 aliphatic rings. The zero-order valence-electron chi connectivity index (χ0n) is 7.12. The minimum absolute atomic E-state index is 0.316. The maximum atomic E-state index is 12.4. The fourth-order valence-electron chi connectivity index (χ4n) is 0.782. The van der Waals surface area contributed by atoms with Gasteiger partial charge in [0.15, 0.2) is 0 Å². The van der Waals surface area contributed by atoms with Gasteiger partial charge in [-0.25, -0.2) is 9.18 Å². The molecule has 1 aromatic rings. The van der Waals surface area contributed by atoms with Gasteiger partial charge in [-0.3, -0.25) is 0 Å². The van der Waals surface area contributed by atoms with E-state index >= 15 is 0 Å². The molecule has 0 fully saturated rings. The second-order valence-corrected chi connectivity index (χ2v) is 3.16. The van der Waals surface area contributed by atoms with Crippen molar-refractivity contribution in [2.24, 2.45) is 0 Å². The molecule has 0 heterocycles. The van der Waals surface area contributed by atoms with Crippen molar-refractivity contribution in [2.45, 2.75) is 0 Å². The molecule has 70 valence electrons. The summed E-state index contributed by atoms with van der Waals surface area (Å²) in [4.78, 5) is 11.2. The van der Waals surface area contributed by atoms with Crippen LogP contribution in [0.3, 0.4) is 0 Å². The third-order valence-electron chi connectivity index (χ3n) is 1.39. The molecule has 0 amide bonds. The van der Waals surface area contributed by atoms with Crippen molar-refractivity contribution in [2.75, 3.05) is 12.2 Å². The normalized spacial score (nSPS) is 9.69. The monoisotopic (exact) mass is 200 g/mol. The SMILES string of the molecule is CSCOC(=O)c1ccc(F)cc1. The number of thioether (sulfide) groups is 1. The Labute approximate surface area is 80.1 Å². The number of carbonyl (C=O) groups is 1. The minimum atomic E-state index is -0.422. The summed E-state index contributed by atoms with van der Waals surface area (Å²) >= 11 is 1.41. The zero-order valence-corrected chi connectivity index (χ0v) is 7.94. The van der Waals surface area contributed by atoms with Gasteiger partial charge in [-0.1, -0.05) is 0 Å². The molecule has 0 atom stereocenters. The van der Waals surface area contributed by atoms with Gasteiger partial charge in [-0.05, 0) is 30.5 Å². The van der Waals surface area contributed by atoms with Crippen molar-refractivity contribution in [1.29, 1.82) is 0 Å². The minimum Gasteiger partial charge on any atom is -0.451 e. The Morgan fingerprint density at radius 2 is 2.08 bits per heavy atom. The zero-order chi connectivity index (χ0) is 9.68.